The molecular weight excluding hydrogens is 200 g/mol. The summed E-state index contributed by atoms with van der Waals surface area (Å²) in [5.41, 5.74) is 1.31. The molecule has 0 aromatic carbocycles. The Kier molecular flexibility index (Phi) is 4.43. The van der Waals surface area contributed by atoms with Gasteiger partial charge in [-0.05, 0) is 43.9 Å². The third-order valence-corrected chi connectivity index (χ3v) is 2.94. The van der Waals surface area contributed by atoms with Crippen LogP contribution in [0, 0.1) is 5.92 Å². The minimum absolute atomic E-state index is 0.701. The lowest BCUT2D eigenvalue weighted by atomic mass is 10.4. The molecule has 1 N–H and O–H groups in total. The molecule has 2 rings (SSSR count). The maximum Gasteiger partial charge on any atom is 0.122 e. The second-order valence-corrected chi connectivity index (χ2v) is 4.59. The van der Waals surface area contributed by atoms with Crippen LogP contribution < -0.4 is 5.32 Å². The third-order valence-electron chi connectivity index (χ3n) is 2.94. The fraction of sp³-hybridized carbons (Fsp3) is 0.692. The topological polar surface area (TPSA) is 26.2 Å². The summed E-state index contributed by atoms with van der Waals surface area (Å²) in [6.07, 6.45) is 5.99. The summed E-state index contributed by atoms with van der Waals surface area (Å²) >= 11 is 0. The van der Waals surface area contributed by atoms with E-state index < -0.39 is 0 Å². The van der Waals surface area contributed by atoms with E-state index in [1.165, 1.54) is 25.0 Å². The average molecular weight is 222 g/mol. The van der Waals surface area contributed by atoms with Crippen molar-refractivity contribution in [2.24, 2.45) is 5.92 Å². The minimum Gasteiger partial charge on any atom is -0.361 e. The molecule has 1 aliphatic rings. The van der Waals surface area contributed by atoms with Crippen LogP contribution >= 0.6 is 0 Å². The number of ether oxygens (including phenoxy) is 1. The van der Waals surface area contributed by atoms with Crippen LogP contribution in [0.3, 0.4) is 0 Å². The molecule has 0 spiro atoms. The second kappa shape index (κ2) is 6.06. The first kappa shape index (κ1) is 11.7. The average Bonchev–Trinajstić information content (AvgIpc) is 3.00. The van der Waals surface area contributed by atoms with E-state index in [0.29, 0.717) is 6.73 Å². The maximum atomic E-state index is 5.68. The molecule has 3 heteroatoms. The summed E-state index contributed by atoms with van der Waals surface area (Å²) in [6.45, 7) is 5.83. The molecule has 0 unspecified atom stereocenters. The van der Waals surface area contributed by atoms with Gasteiger partial charge >= 0.3 is 0 Å². The van der Waals surface area contributed by atoms with Crippen LogP contribution in [-0.4, -0.2) is 17.7 Å². The zero-order valence-electron chi connectivity index (χ0n) is 10.1. The molecule has 0 radical (unpaired) electrons. The summed E-state index contributed by atoms with van der Waals surface area (Å²) in [6, 6.07) is 4.24. The lowest BCUT2D eigenvalue weighted by Crippen LogP contribution is -2.17. The van der Waals surface area contributed by atoms with Gasteiger partial charge in [-0.25, -0.2) is 0 Å². The molecule has 1 aliphatic carbocycles. The molecular formula is C13H22N2O. The van der Waals surface area contributed by atoms with Crippen LogP contribution in [0.4, 0.5) is 0 Å². The van der Waals surface area contributed by atoms with E-state index in [-0.39, 0.29) is 0 Å². The predicted octanol–water partition coefficient (Wildman–Crippen LogP) is 2.37. The first-order valence-electron chi connectivity index (χ1n) is 6.32. The molecule has 0 aliphatic heterocycles. The van der Waals surface area contributed by atoms with Crippen LogP contribution in [0.15, 0.2) is 18.3 Å². The number of nitrogens with zero attached hydrogens (tertiary/aromatic N) is 1. The van der Waals surface area contributed by atoms with Crippen LogP contribution in [0.2, 0.25) is 0 Å². The molecule has 0 amide bonds. The van der Waals surface area contributed by atoms with Crippen molar-refractivity contribution >= 4 is 0 Å². The van der Waals surface area contributed by atoms with Crippen molar-refractivity contribution in [2.75, 3.05) is 13.2 Å². The van der Waals surface area contributed by atoms with Gasteiger partial charge in [-0.2, -0.15) is 0 Å². The van der Waals surface area contributed by atoms with Gasteiger partial charge in [-0.3, -0.25) is 0 Å². The van der Waals surface area contributed by atoms with Crippen molar-refractivity contribution in [3.8, 4) is 0 Å². The van der Waals surface area contributed by atoms with Crippen LogP contribution in [0.25, 0.3) is 0 Å². The largest absolute Gasteiger partial charge is 0.361 e. The Morgan fingerprint density at radius 1 is 1.50 bits per heavy atom. The number of aromatic nitrogens is 1. The van der Waals surface area contributed by atoms with Gasteiger partial charge in [0.15, 0.2) is 0 Å². The van der Waals surface area contributed by atoms with Gasteiger partial charge in [-0.1, -0.05) is 6.92 Å². The summed E-state index contributed by atoms with van der Waals surface area (Å²) in [7, 11) is 0. The fourth-order valence-corrected chi connectivity index (χ4v) is 1.73. The molecule has 90 valence electrons. The van der Waals surface area contributed by atoms with Gasteiger partial charge in [0.05, 0.1) is 6.61 Å². The second-order valence-electron chi connectivity index (χ2n) is 4.59. The molecule has 16 heavy (non-hydrogen) atoms. The Bertz CT molecular complexity index is 305. The maximum absolute atomic E-state index is 5.68. The normalized spacial score (nSPS) is 15.6. The summed E-state index contributed by atoms with van der Waals surface area (Å²) in [5, 5.41) is 3.41. The van der Waals surface area contributed by atoms with Crippen molar-refractivity contribution in [1.29, 1.82) is 0 Å². The van der Waals surface area contributed by atoms with E-state index in [4.69, 9.17) is 4.74 Å². The number of hydrogen-bond donors (Lipinski definition) is 1. The van der Waals surface area contributed by atoms with E-state index in [9.17, 15) is 0 Å². The summed E-state index contributed by atoms with van der Waals surface area (Å²) in [4.78, 5) is 0. The highest BCUT2D eigenvalue weighted by Crippen LogP contribution is 2.28. The highest BCUT2D eigenvalue weighted by molar-refractivity contribution is 5.06. The Balaban J connectivity index is 1.71. The summed E-state index contributed by atoms with van der Waals surface area (Å²) in [5.74, 6) is 0.845. The zero-order chi connectivity index (χ0) is 11.2. The van der Waals surface area contributed by atoms with Crippen LogP contribution in [-0.2, 0) is 18.0 Å². The van der Waals surface area contributed by atoms with Gasteiger partial charge in [0.2, 0.25) is 0 Å². The van der Waals surface area contributed by atoms with E-state index in [1.807, 2.05) is 0 Å². The molecule has 3 nitrogen and oxygen atoms in total. The Hall–Kier alpha value is -0.800. The van der Waals surface area contributed by atoms with Crippen molar-refractivity contribution in [2.45, 2.75) is 39.5 Å². The van der Waals surface area contributed by atoms with Crippen LogP contribution in [0.1, 0.15) is 31.9 Å². The zero-order valence-corrected chi connectivity index (χ0v) is 10.1. The molecule has 1 saturated carbocycles. The Morgan fingerprint density at radius 2 is 2.38 bits per heavy atom. The third kappa shape index (κ3) is 3.65. The molecule has 0 bridgehead atoms. The molecule has 1 aromatic heterocycles. The minimum atomic E-state index is 0.701. The lowest BCUT2D eigenvalue weighted by Gasteiger charge is -2.10. The van der Waals surface area contributed by atoms with Crippen LogP contribution in [0.5, 0.6) is 0 Å². The van der Waals surface area contributed by atoms with E-state index >= 15 is 0 Å². The highest BCUT2D eigenvalue weighted by Gasteiger charge is 2.21. The Morgan fingerprint density at radius 3 is 3.12 bits per heavy atom. The number of nitrogens with one attached hydrogen (secondary N) is 1. The highest BCUT2D eigenvalue weighted by atomic mass is 16.5. The standard InChI is InChI=1S/C13H22N2O/c1-2-7-14-9-13-4-3-8-15(13)11-16-10-12-5-6-12/h3-4,8,12,14H,2,5-7,9-11H2,1H3. The van der Waals surface area contributed by atoms with E-state index in [1.54, 1.807) is 0 Å². The van der Waals surface area contributed by atoms with Gasteiger partial charge in [-0.15, -0.1) is 0 Å². The fourth-order valence-electron chi connectivity index (χ4n) is 1.73. The van der Waals surface area contributed by atoms with Gasteiger partial charge in [0, 0.05) is 18.4 Å². The molecule has 0 atom stereocenters. The number of hydrogen-bond acceptors (Lipinski definition) is 2. The molecule has 1 fully saturated rings. The molecule has 1 aromatic rings. The van der Waals surface area contributed by atoms with Gasteiger partial charge in [0.25, 0.3) is 0 Å². The first-order chi connectivity index (χ1) is 7.90. The van der Waals surface area contributed by atoms with Crippen molar-refractivity contribution in [3.05, 3.63) is 24.0 Å². The quantitative estimate of drug-likeness (QED) is 0.683. The monoisotopic (exact) mass is 222 g/mol. The lowest BCUT2D eigenvalue weighted by molar-refractivity contribution is 0.0674. The predicted molar refractivity (Wildman–Crippen MR) is 65.1 cm³/mol. The molecule has 0 saturated heterocycles. The van der Waals surface area contributed by atoms with Gasteiger partial charge < -0.3 is 14.6 Å². The molecule has 1 heterocycles. The van der Waals surface area contributed by atoms with Crippen molar-refractivity contribution in [3.63, 3.8) is 0 Å². The summed E-state index contributed by atoms with van der Waals surface area (Å²) < 4.78 is 7.87. The number of rotatable bonds is 8. The smallest absolute Gasteiger partial charge is 0.122 e. The van der Waals surface area contributed by atoms with E-state index in [0.717, 1.165) is 25.6 Å². The van der Waals surface area contributed by atoms with Crippen molar-refractivity contribution < 1.29 is 4.74 Å². The SMILES string of the molecule is CCCNCc1cccn1COCC1CC1. The van der Waals surface area contributed by atoms with E-state index in [2.05, 4.69) is 35.1 Å². The van der Waals surface area contributed by atoms with Gasteiger partial charge in [0.1, 0.15) is 6.73 Å². The Labute approximate surface area is 97.8 Å². The first-order valence-corrected chi connectivity index (χ1v) is 6.32. The van der Waals surface area contributed by atoms with Crippen molar-refractivity contribution in [1.82, 2.24) is 9.88 Å².